The van der Waals surface area contributed by atoms with E-state index in [1.807, 2.05) is 33.9 Å². The monoisotopic (exact) mass is 359 g/mol. The molecule has 2 aromatic rings. The third-order valence-corrected chi connectivity index (χ3v) is 4.57. The van der Waals surface area contributed by atoms with E-state index in [2.05, 4.69) is 5.32 Å². The summed E-state index contributed by atoms with van der Waals surface area (Å²) >= 11 is 0. The Balaban J connectivity index is 1.41. The molecule has 2 amide bonds. The van der Waals surface area contributed by atoms with Crippen LogP contribution >= 0.6 is 0 Å². The van der Waals surface area contributed by atoms with Crippen molar-refractivity contribution in [1.82, 2.24) is 9.47 Å². The molecule has 138 valence electrons. The van der Waals surface area contributed by atoms with Gasteiger partial charge in [0.25, 0.3) is 0 Å². The zero-order valence-electron chi connectivity index (χ0n) is 14.3. The fraction of sp³-hybridized carbons (Fsp3) is 0.444. The van der Waals surface area contributed by atoms with Gasteiger partial charge in [0.1, 0.15) is 6.54 Å². The lowest BCUT2D eigenvalue weighted by Crippen LogP contribution is -2.42. The Labute approximate surface area is 150 Å². The number of amides is 2. The van der Waals surface area contributed by atoms with E-state index in [0.29, 0.717) is 51.7 Å². The maximum absolute atomic E-state index is 12.4. The Kier molecular flexibility index (Phi) is 4.77. The van der Waals surface area contributed by atoms with Gasteiger partial charge in [0, 0.05) is 35.9 Å². The first kappa shape index (κ1) is 16.9. The van der Waals surface area contributed by atoms with Gasteiger partial charge in [-0.15, -0.1) is 0 Å². The third kappa shape index (κ3) is 3.66. The van der Waals surface area contributed by atoms with Crippen LogP contribution < -0.4 is 5.32 Å². The van der Waals surface area contributed by atoms with Crippen LogP contribution in [0.4, 0.5) is 10.5 Å². The highest BCUT2D eigenvalue weighted by Crippen LogP contribution is 2.21. The molecule has 2 aliphatic rings. The van der Waals surface area contributed by atoms with Crippen molar-refractivity contribution in [2.24, 2.45) is 0 Å². The molecule has 0 saturated carbocycles. The number of morpholine rings is 1. The number of anilines is 1. The number of nitrogens with one attached hydrogen (secondary N) is 1. The molecule has 0 aliphatic carbocycles. The average Bonchev–Trinajstić information content (AvgIpc) is 3.01. The van der Waals surface area contributed by atoms with Gasteiger partial charge in [-0.05, 0) is 24.3 Å². The predicted molar refractivity (Wildman–Crippen MR) is 94.0 cm³/mol. The highest BCUT2D eigenvalue weighted by atomic mass is 16.6. The lowest BCUT2D eigenvalue weighted by molar-refractivity contribution is -0.135. The molecule has 3 heterocycles. The van der Waals surface area contributed by atoms with E-state index in [1.165, 1.54) is 0 Å². The highest BCUT2D eigenvalue weighted by Gasteiger charge is 2.23. The van der Waals surface area contributed by atoms with E-state index >= 15 is 0 Å². The molecule has 2 saturated heterocycles. The minimum absolute atomic E-state index is 0.0827. The first-order chi connectivity index (χ1) is 12.7. The summed E-state index contributed by atoms with van der Waals surface area (Å²) in [5, 5.41) is 3.67. The fourth-order valence-corrected chi connectivity index (χ4v) is 3.06. The molecule has 2 fully saturated rings. The fourth-order valence-electron chi connectivity index (χ4n) is 3.06. The van der Waals surface area contributed by atoms with Gasteiger partial charge in [0.05, 0.1) is 26.4 Å². The molecule has 2 aliphatic heterocycles. The molecule has 0 spiro atoms. The van der Waals surface area contributed by atoms with Crippen LogP contribution in [0, 0.1) is 0 Å². The van der Waals surface area contributed by atoms with Crippen molar-refractivity contribution in [2.75, 3.05) is 44.8 Å². The third-order valence-electron chi connectivity index (χ3n) is 4.57. The maximum Gasteiger partial charge on any atom is 0.412 e. The smallest absolute Gasteiger partial charge is 0.412 e. The van der Waals surface area contributed by atoms with E-state index in [-0.39, 0.29) is 12.0 Å². The van der Waals surface area contributed by atoms with Crippen LogP contribution in [0.5, 0.6) is 0 Å². The van der Waals surface area contributed by atoms with Crippen LogP contribution in [-0.2, 0) is 25.5 Å². The molecule has 0 radical (unpaired) electrons. The Morgan fingerprint density at radius 3 is 2.69 bits per heavy atom. The lowest BCUT2D eigenvalue weighted by atomic mass is 10.2. The molecule has 0 bridgehead atoms. The second-order valence-corrected chi connectivity index (χ2v) is 6.40. The summed E-state index contributed by atoms with van der Waals surface area (Å²) in [6, 6.07) is 7.49. The standard InChI is InChI=1S/C18H21N3O5/c22-17(20-5-7-24-8-6-20)10-21-4-3-13-9-14(1-2-16(13)21)19-18(23)26-15-11-25-12-15/h1-4,9,15H,5-8,10-12H2,(H,19,23). The van der Waals surface area contributed by atoms with Crippen molar-refractivity contribution in [1.29, 1.82) is 0 Å². The Morgan fingerprint density at radius 1 is 1.15 bits per heavy atom. The van der Waals surface area contributed by atoms with E-state index in [0.717, 1.165) is 10.9 Å². The van der Waals surface area contributed by atoms with Crippen LogP contribution in [0.1, 0.15) is 0 Å². The van der Waals surface area contributed by atoms with Gasteiger partial charge in [-0.1, -0.05) is 0 Å². The van der Waals surface area contributed by atoms with Crippen LogP contribution in [0.2, 0.25) is 0 Å². The molecule has 26 heavy (non-hydrogen) atoms. The second-order valence-electron chi connectivity index (χ2n) is 6.40. The van der Waals surface area contributed by atoms with Crippen LogP contribution in [0.3, 0.4) is 0 Å². The number of carbonyl (C=O) groups is 2. The lowest BCUT2D eigenvalue weighted by Gasteiger charge is -2.27. The molecule has 0 unspecified atom stereocenters. The second kappa shape index (κ2) is 7.35. The summed E-state index contributed by atoms with van der Waals surface area (Å²) in [4.78, 5) is 26.1. The zero-order valence-corrected chi connectivity index (χ0v) is 14.3. The molecule has 1 N–H and O–H groups in total. The molecular weight excluding hydrogens is 338 g/mol. The van der Waals surface area contributed by atoms with Gasteiger partial charge in [0.2, 0.25) is 5.91 Å². The first-order valence-corrected chi connectivity index (χ1v) is 8.69. The maximum atomic E-state index is 12.4. The number of aromatic nitrogens is 1. The molecule has 0 atom stereocenters. The van der Waals surface area contributed by atoms with Crippen molar-refractivity contribution in [2.45, 2.75) is 12.6 Å². The number of nitrogens with zero attached hydrogens (tertiary/aromatic N) is 2. The number of fused-ring (bicyclic) bond motifs is 1. The van der Waals surface area contributed by atoms with Gasteiger partial charge in [-0.3, -0.25) is 10.1 Å². The van der Waals surface area contributed by atoms with Crippen molar-refractivity contribution in [3.05, 3.63) is 30.5 Å². The first-order valence-electron chi connectivity index (χ1n) is 8.69. The van der Waals surface area contributed by atoms with E-state index in [1.54, 1.807) is 6.07 Å². The number of carbonyl (C=O) groups excluding carboxylic acids is 2. The number of benzene rings is 1. The number of hydrogen-bond acceptors (Lipinski definition) is 5. The van der Waals surface area contributed by atoms with E-state index in [4.69, 9.17) is 14.2 Å². The van der Waals surface area contributed by atoms with Gasteiger partial charge in [0.15, 0.2) is 6.10 Å². The molecule has 4 rings (SSSR count). The number of ether oxygens (including phenoxy) is 3. The molecule has 1 aromatic carbocycles. The van der Waals surface area contributed by atoms with Crippen molar-refractivity contribution in [3.8, 4) is 0 Å². The van der Waals surface area contributed by atoms with Crippen LogP contribution in [0.15, 0.2) is 30.5 Å². The Bertz CT molecular complexity index is 808. The van der Waals surface area contributed by atoms with Gasteiger partial charge in [-0.25, -0.2) is 4.79 Å². The van der Waals surface area contributed by atoms with Crippen LogP contribution in [-0.4, -0.2) is 67.1 Å². The molecular formula is C18H21N3O5. The SMILES string of the molecule is O=C(Nc1ccc2c(ccn2CC(=O)N2CCOCC2)c1)OC1COC1. The molecule has 8 nitrogen and oxygen atoms in total. The Hall–Kier alpha value is -2.58. The predicted octanol–water partition coefficient (Wildman–Crippen LogP) is 1.45. The van der Waals surface area contributed by atoms with Crippen molar-refractivity contribution in [3.63, 3.8) is 0 Å². The van der Waals surface area contributed by atoms with Gasteiger partial charge in [-0.2, -0.15) is 0 Å². The topological polar surface area (TPSA) is 82.0 Å². The summed E-state index contributed by atoms with van der Waals surface area (Å²) in [5.41, 5.74) is 1.60. The summed E-state index contributed by atoms with van der Waals surface area (Å²) in [6.07, 6.45) is 1.24. The molecule has 1 aromatic heterocycles. The highest BCUT2D eigenvalue weighted by molar-refractivity contribution is 5.91. The largest absolute Gasteiger partial charge is 0.441 e. The minimum atomic E-state index is -0.487. The summed E-state index contributed by atoms with van der Waals surface area (Å²) < 4.78 is 17.4. The quantitative estimate of drug-likeness (QED) is 0.893. The van der Waals surface area contributed by atoms with E-state index in [9.17, 15) is 9.59 Å². The number of rotatable bonds is 4. The van der Waals surface area contributed by atoms with Crippen molar-refractivity contribution < 1.29 is 23.8 Å². The van der Waals surface area contributed by atoms with E-state index < -0.39 is 6.09 Å². The van der Waals surface area contributed by atoms with Crippen molar-refractivity contribution >= 4 is 28.6 Å². The minimum Gasteiger partial charge on any atom is -0.441 e. The van der Waals surface area contributed by atoms with Gasteiger partial charge < -0.3 is 23.7 Å². The zero-order chi connectivity index (χ0) is 17.9. The Morgan fingerprint density at radius 2 is 1.96 bits per heavy atom. The average molecular weight is 359 g/mol. The summed E-state index contributed by atoms with van der Waals surface area (Å²) in [7, 11) is 0. The van der Waals surface area contributed by atoms with Gasteiger partial charge >= 0.3 is 6.09 Å². The summed E-state index contributed by atoms with van der Waals surface area (Å²) in [6.45, 7) is 3.66. The van der Waals surface area contributed by atoms with Crippen LogP contribution in [0.25, 0.3) is 10.9 Å². The molecule has 8 heteroatoms. The summed E-state index contributed by atoms with van der Waals surface area (Å²) in [5.74, 6) is 0.0827. The number of hydrogen-bond donors (Lipinski definition) is 1. The normalized spacial score (nSPS) is 17.8.